The van der Waals surface area contributed by atoms with E-state index in [1.165, 1.54) is 0 Å². The Bertz CT molecular complexity index is 14.9. The Morgan fingerprint density at radius 3 is 1.25 bits per heavy atom. The van der Waals surface area contributed by atoms with Crippen LogP contribution in [0.4, 0.5) is 0 Å². The maximum absolute atomic E-state index is 0. The largest absolute Gasteiger partial charge is 2.00 e. The van der Waals surface area contributed by atoms with E-state index in [0.29, 0.717) is 0 Å². The minimum absolute atomic E-state index is 0. The van der Waals surface area contributed by atoms with Crippen molar-refractivity contribution in [2.75, 3.05) is 0 Å². The summed E-state index contributed by atoms with van der Waals surface area (Å²) in [6, 6.07) is 0. The average Bonchev–Trinajstić information content (AvgIpc) is 0. The van der Waals surface area contributed by atoms with Gasteiger partial charge in [-0.1, -0.05) is 0 Å². The second-order valence-corrected chi connectivity index (χ2v) is 0. The molecule has 0 heterocycles. The molecule has 0 atom stereocenters. The van der Waals surface area contributed by atoms with Crippen LogP contribution in [0.15, 0.2) is 0 Å². The molecule has 0 fully saturated rings. The fourth-order valence-electron chi connectivity index (χ4n) is 0. The van der Waals surface area contributed by atoms with Crippen molar-refractivity contribution in [1.29, 1.82) is 0 Å². The van der Waals surface area contributed by atoms with Crippen molar-refractivity contribution in [3.05, 3.63) is 0 Å². The molecule has 0 unspecified atom stereocenters. The monoisotopic (exact) mass is 157 g/mol. The predicted octanol–water partition coefficient (Wildman–Crippen LogP) is -3.42. The van der Waals surface area contributed by atoms with E-state index >= 15 is 0 Å². The van der Waals surface area contributed by atoms with E-state index in [1.807, 2.05) is 0 Å². The molecule has 4 heavy (non-hydrogen) atoms. The summed E-state index contributed by atoms with van der Waals surface area (Å²) in [4.78, 5) is 0. The molecule has 0 nitrogen and oxygen atoms in total. The molecule has 0 bridgehead atoms. The topological polar surface area (TPSA) is 0 Å². The van der Waals surface area contributed by atoms with Crippen LogP contribution < -0.4 is 51.4 Å². The molecule has 3 radical (unpaired) electrons. The van der Waals surface area contributed by atoms with Gasteiger partial charge in [-0.2, -0.15) is 0 Å². The van der Waals surface area contributed by atoms with E-state index in [0.717, 1.165) is 0 Å². The van der Waals surface area contributed by atoms with Gasteiger partial charge < -0.3 is 4.28 Å². The third-order valence-electron chi connectivity index (χ3n) is 0. The van der Waals surface area contributed by atoms with E-state index in [1.54, 1.807) is 0 Å². The second-order valence-electron chi connectivity index (χ2n) is 0. The van der Waals surface area contributed by atoms with E-state index < -0.39 is 0 Å². The van der Waals surface area contributed by atoms with Gasteiger partial charge in [-0.05, 0) is 0 Å². The van der Waals surface area contributed by atoms with Gasteiger partial charge in [0.25, 0.3) is 0 Å². The summed E-state index contributed by atoms with van der Waals surface area (Å²) < 4.78 is 0. The molecular weight excluding hydrogens is 155 g/mol. The van der Waals surface area contributed by atoms with Gasteiger partial charge in [0.15, 0.2) is 0 Å². The molecule has 0 aromatic rings. The van der Waals surface area contributed by atoms with Crippen molar-refractivity contribution in [3.8, 4) is 0 Å². The van der Waals surface area contributed by atoms with Crippen LogP contribution in [0.25, 0.3) is 0 Å². The number of hydrogen-bond donors (Lipinski definition) is 0. The summed E-state index contributed by atoms with van der Waals surface area (Å²) in [5.74, 6) is 0. The van der Waals surface area contributed by atoms with Gasteiger partial charge in [0.2, 0.25) is 0 Å². The van der Waals surface area contributed by atoms with Crippen LogP contribution in [-0.2, 0) is 19.5 Å². The quantitative estimate of drug-likeness (QED) is 0.322. The summed E-state index contributed by atoms with van der Waals surface area (Å²) in [5.41, 5.74) is 0. The van der Waals surface area contributed by atoms with Crippen molar-refractivity contribution >= 4 is 46.2 Å². The van der Waals surface area contributed by atoms with Gasteiger partial charge in [0.05, 0.1) is 0 Å². The molecule has 0 aliphatic rings. The van der Waals surface area contributed by atoms with Crippen LogP contribution in [0.2, 0.25) is 0 Å². The maximum Gasteiger partial charge on any atom is 2.00 e. The van der Waals surface area contributed by atoms with Gasteiger partial charge in [0.1, 0.15) is 0 Å². The first-order valence-electron chi connectivity index (χ1n) is 0. The van der Waals surface area contributed by atoms with Gasteiger partial charge in [0, 0.05) is 27.9 Å². The molecule has 0 aromatic heterocycles. The van der Waals surface area contributed by atoms with Crippen LogP contribution in [0, 0.1) is 0 Å². The molecule has 0 spiro atoms. The maximum atomic E-state index is 0. The molecule has 0 rings (SSSR count). The van der Waals surface area contributed by atoms with Gasteiger partial charge in [-0.25, -0.2) is 0 Å². The Labute approximate surface area is 118 Å². The standard InChI is InChI=1S/B.Ca.K.Zn.3H/q;+2;+1;;3*-1. The van der Waals surface area contributed by atoms with E-state index in [4.69, 9.17) is 0 Å². The van der Waals surface area contributed by atoms with Crippen molar-refractivity contribution in [1.82, 2.24) is 0 Å². The van der Waals surface area contributed by atoms with Gasteiger partial charge in [-0.15, -0.1) is 0 Å². The number of hydrogen-bond acceptors (Lipinski definition) is 0. The van der Waals surface area contributed by atoms with Crippen LogP contribution in [0.1, 0.15) is 4.28 Å². The summed E-state index contributed by atoms with van der Waals surface area (Å²) in [6.07, 6.45) is 0. The molecule has 0 N–H and O–H groups in total. The first-order chi connectivity index (χ1) is 0. The first-order valence-corrected chi connectivity index (χ1v) is 0. The van der Waals surface area contributed by atoms with E-state index in [2.05, 4.69) is 0 Å². The Kier molecular flexibility index (Phi) is 102. The molecule has 0 aliphatic heterocycles. The molecule has 0 saturated carbocycles. The molecular formula is H3BCaKZn. The van der Waals surface area contributed by atoms with Crippen molar-refractivity contribution in [2.24, 2.45) is 0 Å². The molecule has 0 aliphatic carbocycles. The molecule has 4 heteroatoms. The minimum atomic E-state index is 0. The molecule has 0 saturated heterocycles. The fraction of sp³-hybridized carbons (Fsp3) is 0. The minimum Gasteiger partial charge on any atom is -1.00 e. The zero-order valence-electron chi connectivity index (χ0n) is 5.99. The Hall–Kier alpha value is 3.58. The van der Waals surface area contributed by atoms with Crippen LogP contribution in [0.3, 0.4) is 0 Å². The predicted molar refractivity (Wildman–Crippen MR) is 14.8 cm³/mol. The Balaban J connectivity index is 0. The van der Waals surface area contributed by atoms with Crippen molar-refractivity contribution in [3.63, 3.8) is 0 Å². The van der Waals surface area contributed by atoms with E-state index in [-0.39, 0.29) is 121 Å². The second kappa shape index (κ2) is 16.0. The summed E-state index contributed by atoms with van der Waals surface area (Å²) in [5, 5.41) is 0. The van der Waals surface area contributed by atoms with Gasteiger partial charge >= 0.3 is 89.1 Å². The van der Waals surface area contributed by atoms with E-state index in [9.17, 15) is 0 Å². The SMILES string of the molecule is [B].[Ca+2].[H-].[H-].[H-].[K+].[Zn]. The van der Waals surface area contributed by atoms with Gasteiger partial charge in [-0.3, -0.25) is 0 Å². The third kappa shape index (κ3) is 9.14. The first kappa shape index (κ1) is 25.6. The molecule has 0 aromatic carbocycles. The summed E-state index contributed by atoms with van der Waals surface area (Å²) in [6.45, 7) is 0. The van der Waals surface area contributed by atoms with Crippen LogP contribution >= 0.6 is 0 Å². The Morgan fingerprint density at radius 1 is 1.25 bits per heavy atom. The smallest absolute Gasteiger partial charge is 1.00 e. The van der Waals surface area contributed by atoms with Crippen LogP contribution in [-0.4, -0.2) is 46.2 Å². The van der Waals surface area contributed by atoms with Crippen LogP contribution in [0.5, 0.6) is 0 Å². The normalized spacial score (nSPS) is 0. The molecule has 0 amide bonds. The zero-order valence-corrected chi connectivity index (χ0v) is 11.3. The molecule has 11 valence electrons. The third-order valence-corrected chi connectivity index (χ3v) is 0. The summed E-state index contributed by atoms with van der Waals surface area (Å²) in [7, 11) is 0. The van der Waals surface area contributed by atoms with Crippen molar-refractivity contribution < 1.29 is 75.1 Å². The van der Waals surface area contributed by atoms with Crippen molar-refractivity contribution in [2.45, 2.75) is 0 Å². The average molecular weight is 158 g/mol. The zero-order chi connectivity index (χ0) is 0. The fourth-order valence-corrected chi connectivity index (χ4v) is 0. The number of rotatable bonds is 0. The summed E-state index contributed by atoms with van der Waals surface area (Å²) >= 11 is 0. The Morgan fingerprint density at radius 2 is 1.25 bits per heavy atom.